The molecular formula is C21H22F4. The van der Waals surface area contributed by atoms with Crippen molar-refractivity contribution >= 4 is 0 Å². The van der Waals surface area contributed by atoms with E-state index >= 15 is 0 Å². The Labute approximate surface area is 146 Å². The predicted octanol–water partition coefficient (Wildman–Crippen LogP) is 6.29. The van der Waals surface area contributed by atoms with Gasteiger partial charge in [0.1, 0.15) is 12.1 Å². The fourth-order valence-electron chi connectivity index (χ4n) is 3.15. The Morgan fingerprint density at radius 3 is 1.48 bits per heavy atom. The SMILES string of the molecule is C=C(CF)C(c1ccc(C)c(C)c1)(c1ccc(C)c(C)c1)C(F)(F)F. The predicted molar refractivity (Wildman–Crippen MR) is 93.8 cm³/mol. The molecule has 0 aliphatic rings. The molecule has 2 aromatic rings. The summed E-state index contributed by atoms with van der Waals surface area (Å²) in [6, 6.07) is 9.09. The van der Waals surface area contributed by atoms with Crippen molar-refractivity contribution in [3.63, 3.8) is 0 Å². The fourth-order valence-corrected chi connectivity index (χ4v) is 3.15. The topological polar surface area (TPSA) is 0 Å². The van der Waals surface area contributed by atoms with Crippen molar-refractivity contribution in [2.45, 2.75) is 39.3 Å². The quantitative estimate of drug-likeness (QED) is 0.449. The first-order valence-electron chi connectivity index (χ1n) is 8.02. The summed E-state index contributed by atoms with van der Waals surface area (Å²) in [7, 11) is 0. The molecule has 2 aromatic carbocycles. The fraction of sp³-hybridized carbons (Fsp3) is 0.333. The van der Waals surface area contributed by atoms with E-state index in [4.69, 9.17) is 0 Å². The Bertz CT molecular complexity index is 749. The molecule has 0 saturated heterocycles. The van der Waals surface area contributed by atoms with Crippen LogP contribution in [0.25, 0.3) is 0 Å². The number of hydrogen-bond acceptors (Lipinski definition) is 0. The Morgan fingerprint density at radius 1 is 0.800 bits per heavy atom. The Morgan fingerprint density at radius 2 is 1.20 bits per heavy atom. The number of benzene rings is 2. The van der Waals surface area contributed by atoms with Gasteiger partial charge >= 0.3 is 6.18 Å². The van der Waals surface area contributed by atoms with Crippen molar-refractivity contribution in [2.24, 2.45) is 0 Å². The van der Waals surface area contributed by atoms with Crippen LogP contribution in [0, 0.1) is 27.7 Å². The maximum atomic E-state index is 14.4. The standard InChI is InChI=1S/C21H22F4/c1-13-6-8-18(10-15(13)3)20(17(5)12-22,21(23,24)25)19-9-7-14(2)16(4)11-19/h6-11H,5,12H2,1-4H3. The molecule has 0 N–H and O–H groups in total. The van der Waals surface area contributed by atoms with E-state index in [1.807, 2.05) is 13.8 Å². The third-order valence-corrected chi connectivity index (χ3v) is 5.00. The molecule has 134 valence electrons. The Balaban J connectivity index is 2.92. The lowest BCUT2D eigenvalue weighted by Gasteiger charge is -2.38. The average molecular weight is 350 g/mol. The number of rotatable bonds is 4. The normalized spacial score (nSPS) is 12.3. The maximum absolute atomic E-state index is 14.4. The molecule has 0 bridgehead atoms. The molecule has 4 heteroatoms. The lowest BCUT2D eigenvalue weighted by atomic mass is 9.68. The molecule has 0 atom stereocenters. The number of hydrogen-bond donors (Lipinski definition) is 0. The van der Waals surface area contributed by atoms with Crippen LogP contribution >= 0.6 is 0 Å². The van der Waals surface area contributed by atoms with Crippen molar-refractivity contribution in [3.8, 4) is 0 Å². The van der Waals surface area contributed by atoms with Crippen molar-refractivity contribution in [1.29, 1.82) is 0 Å². The average Bonchev–Trinajstić information content (AvgIpc) is 2.53. The summed E-state index contributed by atoms with van der Waals surface area (Å²) in [5.41, 5.74) is 0.118. The van der Waals surface area contributed by atoms with E-state index in [0.717, 1.165) is 22.3 Å². The van der Waals surface area contributed by atoms with Gasteiger partial charge in [0.15, 0.2) is 0 Å². The molecule has 0 aliphatic heterocycles. The summed E-state index contributed by atoms with van der Waals surface area (Å²) in [6.45, 7) is 9.38. The van der Waals surface area contributed by atoms with Crippen molar-refractivity contribution < 1.29 is 17.6 Å². The third kappa shape index (κ3) is 3.10. The minimum absolute atomic E-state index is 0.00555. The van der Waals surface area contributed by atoms with Crippen molar-refractivity contribution in [2.75, 3.05) is 6.67 Å². The molecule has 0 nitrogen and oxygen atoms in total. The zero-order valence-corrected chi connectivity index (χ0v) is 14.9. The molecule has 0 fully saturated rings. The number of aryl methyl sites for hydroxylation is 4. The molecule has 0 aliphatic carbocycles. The van der Waals surface area contributed by atoms with Crippen LogP contribution in [0.2, 0.25) is 0 Å². The van der Waals surface area contributed by atoms with E-state index in [2.05, 4.69) is 6.58 Å². The summed E-state index contributed by atoms with van der Waals surface area (Å²) >= 11 is 0. The first kappa shape index (κ1) is 19.2. The molecule has 0 amide bonds. The summed E-state index contributed by atoms with van der Waals surface area (Å²) in [5.74, 6) is 0. The minimum atomic E-state index is -4.72. The van der Waals surface area contributed by atoms with Gasteiger partial charge in [-0.2, -0.15) is 13.2 Å². The number of halogens is 4. The molecule has 0 radical (unpaired) electrons. The molecule has 0 saturated carbocycles. The van der Waals surface area contributed by atoms with Gasteiger partial charge < -0.3 is 0 Å². The van der Waals surface area contributed by atoms with Gasteiger partial charge in [-0.25, -0.2) is 4.39 Å². The lowest BCUT2D eigenvalue weighted by Crippen LogP contribution is -2.45. The van der Waals surface area contributed by atoms with Gasteiger partial charge in [0.25, 0.3) is 0 Å². The van der Waals surface area contributed by atoms with Crippen LogP contribution in [0.3, 0.4) is 0 Å². The molecule has 0 aromatic heterocycles. The number of alkyl halides is 4. The van der Waals surface area contributed by atoms with E-state index in [1.54, 1.807) is 26.0 Å². The zero-order valence-electron chi connectivity index (χ0n) is 14.9. The van der Waals surface area contributed by atoms with Crippen molar-refractivity contribution in [1.82, 2.24) is 0 Å². The second kappa shape index (κ2) is 6.66. The van der Waals surface area contributed by atoms with Gasteiger partial charge in [0.05, 0.1) is 0 Å². The summed E-state index contributed by atoms with van der Waals surface area (Å²) < 4.78 is 56.8. The van der Waals surface area contributed by atoms with Crippen LogP contribution in [0.5, 0.6) is 0 Å². The highest BCUT2D eigenvalue weighted by atomic mass is 19.4. The highest BCUT2D eigenvalue weighted by Gasteiger charge is 2.58. The smallest absolute Gasteiger partial charge is 0.246 e. The highest BCUT2D eigenvalue weighted by molar-refractivity contribution is 5.53. The molecular weight excluding hydrogens is 328 g/mol. The first-order valence-corrected chi connectivity index (χ1v) is 8.02. The van der Waals surface area contributed by atoms with Gasteiger partial charge in [-0.05, 0) is 66.6 Å². The van der Waals surface area contributed by atoms with Crippen LogP contribution < -0.4 is 0 Å². The molecule has 2 rings (SSSR count). The third-order valence-electron chi connectivity index (χ3n) is 5.00. The van der Waals surface area contributed by atoms with Gasteiger partial charge in [0, 0.05) is 0 Å². The monoisotopic (exact) mass is 350 g/mol. The van der Waals surface area contributed by atoms with E-state index in [9.17, 15) is 17.6 Å². The van der Waals surface area contributed by atoms with E-state index in [0.29, 0.717) is 0 Å². The first-order chi connectivity index (χ1) is 11.6. The van der Waals surface area contributed by atoms with Gasteiger partial charge in [-0.15, -0.1) is 0 Å². The van der Waals surface area contributed by atoms with E-state index in [1.165, 1.54) is 24.3 Å². The molecule has 0 spiro atoms. The van der Waals surface area contributed by atoms with Crippen LogP contribution in [-0.2, 0) is 5.41 Å². The van der Waals surface area contributed by atoms with Gasteiger partial charge in [-0.1, -0.05) is 43.0 Å². The molecule has 0 heterocycles. The Hall–Kier alpha value is -2.10. The highest BCUT2D eigenvalue weighted by Crippen LogP contribution is 2.51. The van der Waals surface area contributed by atoms with E-state index in [-0.39, 0.29) is 11.1 Å². The van der Waals surface area contributed by atoms with Crippen LogP contribution in [-0.4, -0.2) is 12.9 Å². The minimum Gasteiger partial charge on any atom is -0.246 e. The molecule has 25 heavy (non-hydrogen) atoms. The van der Waals surface area contributed by atoms with Crippen molar-refractivity contribution in [3.05, 3.63) is 81.9 Å². The summed E-state index contributed by atoms with van der Waals surface area (Å²) in [6.07, 6.45) is -4.72. The summed E-state index contributed by atoms with van der Waals surface area (Å²) in [5, 5.41) is 0. The van der Waals surface area contributed by atoms with Crippen LogP contribution in [0.1, 0.15) is 33.4 Å². The van der Waals surface area contributed by atoms with E-state index < -0.39 is 23.8 Å². The second-order valence-electron chi connectivity index (χ2n) is 6.58. The van der Waals surface area contributed by atoms with Gasteiger partial charge in [0.2, 0.25) is 0 Å². The Kier molecular flexibility index (Phi) is 5.12. The zero-order chi connectivity index (χ0) is 19.0. The maximum Gasteiger partial charge on any atom is 0.406 e. The lowest BCUT2D eigenvalue weighted by molar-refractivity contribution is -0.168. The second-order valence-corrected chi connectivity index (χ2v) is 6.58. The van der Waals surface area contributed by atoms with Gasteiger partial charge in [-0.3, -0.25) is 0 Å². The van der Waals surface area contributed by atoms with Crippen LogP contribution in [0.4, 0.5) is 17.6 Å². The summed E-state index contributed by atoms with van der Waals surface area (Å²) in [4.78, 5) is 0. The largest absolute Gasteiger partial charge is 0.406 e. The molecule has 0 unspecified atom stereocenters. The number of allylic oxidation sites excluding steroid dienone is 1. The van der Waals surface area contributed by atoms with Crippen LogP contribution in [0.15, 0.2) is 48.6 Å².